The molecular weight excluding hydrogens is 385 g/mol. The minimum Gasteiger partial charge on any atom is -0.453 e. The van der Waals surface area contributed by atoms with Gasteiger partial charge in [0, 0.05) is 17.4 Å². The third-order valence-electron chi connectivity index (χ3n) is 3.75. The largest absolute Gasteiger partial charge is 0.453 e. The maximum Gasteiger partial charge on any atom is 0.306 e. The standard InChI is InChI=1S/C17H21ClFNO3S2/c1-11(17(22)20-15-7-6-12(19)10-14(15)18)23-16(21)5-3-2-4-13-8-9-24-25-13/h6-7,10-11,13H,2-5,8-9H2,1H3,(H,20,22)/t11-,13+/m1/s1. The Labute approximate surface area is 160 Å². The zero-order valence-electron chi connectivity index (χ0n) is 13.9. The topological polar surface area (TPSA) is 55.4 Å². The van der Waals surface area contributed by atoms with Gasteiger partial charge in [-0.3, -0.25) is 9.59 Å². The molecule has 0 bridgehead atoms. The van der Waals surface area contributed by atoms with Crippen LogP contribution in [0.4, 0.5) is 10.1 Å². The molecule has 1 amide bonds. The van der Waals surface area contributed by atoms with E-state index in [-0.39, 0.29) is 16.7 Å². The molecule has 1 heterocycles. The van der Waals surface area contributed by atoms with Crippen molar-refractivity contribution in [1.29, 1.82) is 0 Å². The highest BCUT2D eigenvalue weighted by Gasteiger charge is 2.19. The number of anilines is 1. The van der Waals surface area contributed by atoms with Gasteiger partial charge in [0.15, 0.2) is 6.10 Å². The van der Waals surface area contributed by atoms with Crippen LogP contribution in [0.1, 0.15) is 39.0 Å². The average Bonchev–Trinajstić information content (AvgIpc) is 3.07. The van der Waals surface area contributed by atoms with Crippen molar-refractivity contribution < 1.29 is 18.7 Å². The van der Waals surface area contributed by atoms with E-state index in [1.807, 2.05) is 21.6 Å². The lowest BCUT2D eigenvalue weighted by Gasteiger charge is -2.14. The SMILES string of the molecule is C[C@@H](OC(=O)CCCC[C@H]1CCSS1)C(=O)Nc1ccc(F)cc1Cl. The smallest absolute Gasteiger partial charge is 0.306 e. The predicted molar refractivity (Wildman–Crippen MR) is 103 cm³/mol. The first kappa shape index (κ1) is 20.4. The third kappa shape index (κ3) is 7.07. The fraction of sp³-hybridized carbons (Fsp3) is 0.529. The van der Waals surface area contributed by atoms with Gasteiger partial charge < -0.3 is 10.1 Å². The molecule has 25 heavy (non-hydrogen) atoms. The molecule has 2 atom stereocenters. The third-order valence-corrected chi connectivity index (χ3v) is 7.07. The number of hydrogen-bond donors (Lipinski definition) is 1. The molecule has 0 unspecified atom stereocenters. The molecule has 4 nitrogen and oxygen atoms in total. The Balaban J connectivity index is 1.67. The maximum atomic E-state index is 13.0. The maximum absolute atomic E-state index is 13.0. The Morgan fingerprint density at radius 1 is 1.44 bits per heavy atom. The second-order valence-corrected chi connectivity index (χ2v) is 9.01. The fourth-order valence-electron chi connectivity index (χ4n) is 2.34. The number of esters is 1. The molecule has 0 aliphatic carbocycles. The fourth-order valence-corrected chi connectivity index (χ4v) is 5.58. The van der Waals surface area contributed by atoms with Crippen molar-refractivity contribution in [2.75, 3.05) is 11.1 Å². The van der Waals surface area contributed by atoms with Gasteiger partial charge in [0.05, 0.1) is 10.7 Å². The lowest BCUT2D eigenvalue weighted by molar-refractivity contribution is -0.153. The molecule has 138 valence electrons. The van der Waals surface area contributed by atoms with Crippen LogP contribution in [0.25, 0.3) is 0 Å². The Morgan fingerprint density at radius 2 is 2.24 bits per heavy atom. The second kappa shape index (κ2) is 10.3. The van der Waals surface area contributed by atoms with Crippen LogP contribution in [0.2, 0.25) is 5.02 Å². The van der Waals surface area contributed by atoms with Crippen LogP contribution in [-0.2, 0) is 14.3 Å². The monoisotopic (exact) mass is 405 g/mol. The molecule has 8 heteroatoms. The second-order valence-electron chi connectivity index (χ2n) is 5.82. The van der Waals surface area contributed by atoms with Crippen LogP contribution in [0.3, 0.4) is 0 Å². The van der Waals surface area contributed by atoms with Gasteiger partial charge in [-0.2, -0.15) is 0 Å². The number of rotatable bonds is 8. The molecular formula is C17H21ClFNO3S2. The molecule has 0 radical (unpaired) electrons. The Hall–Kier alpha value is -0.920. The minimum absolute atomic E-state index is 0.0924. The molecule has 1 aromatic carbocycles. The Kier molecular flexibility index (Phi) is 8.39. The van der Waals surface area contributed by atoms with E-state index in [1.165, 1.54) is 31.2 Å². The molecule has 1 saturated heterocycles. The highest BCUT2D eigenvalue weighted by molar-refractivity contribution is 8.77. The van der Waals surface area contributed by atoms with E-state index in [1.54, 1.807) is 0 Å². The van der Waals surface area contributed by atoms with Crippen LogP contribution >= 0.6 is 33.2 Å². The quantitative estimate of drug-likeness (QED) is 0.372. The summed E-state index contributed by atoms with van der Waals surface area (Å²) in [6.45, 7) is 1.50. The van der Waals surface area contributed by atoms with Gasteiger partial charge in [0.1, 0.15) is 5.82 Å². The number of hydrogen-bond acceptors (Lipinski definition) is 5. The van der Waals surface area contributed by atoms with Gasteiger partial charge in [-0.1, -0.05) is 39.6 Å². The van der Waals surface area contributed by atoms with Crippen LogP contribution in [0, 0.1) is 5.82 Å². The summed E-state index contributed by atoms with van der Waals surface area (Å²) < 4.78 is 18.1. The van der Waals surface area contributed by atoms with Crippen molar-refractivity contribution in [1.82, 2.24) is 0 Å². The number of benzene rings is 1. The molecule has 1 aliphatic rings. The highest BCUT2D eigenvalue weighted by Crippen LogP contribution is 2.39. The van der Waals surface area contributed by atoms with Crippen LogP contribution in [0.15, 0.2) is 18.2 Å². The van der Waals surface area contributed by atoms with Crippen molar-refractivity contribution in [3.8, 4) is 0 Å². The van der Waals surface area contributed by atoms with Crippen LogP contribution in [-0.4, -0.2) is 29.0 Å². The zero-order chi connectivity index (χ0) is 18.2. The number of halogens is 2. The summed E-state index contributed by atoms with van der Waals surface area (Å²) in [5, 5.41) is 3.32. The van der Waals surface area contributed by atoms with E-state index in [0.717, 1.165) is 25.3 Å². The van der Waals surface area contributed by atoms with Gasteiger partial charge in [-0.25, -0.2) is 4.39 Å². The number of carbonyl (C=O) groups is 2. The van der Waals surface area contributed by atoms with Crippen LogP contribution < -0.4 is 5.32 Å². The van der Waals surface area contributed by atoms with Crippen molar-refractivity contribution in [3.05, 3.63) is 29.0 Å². The summed E-state index contributed by atoms with van der Waals surface area (Å²) in [4.78, 5) is 23.9. The molecule has 0 aromatic heterocycles. The summed E-state index contributed by atoms with van der Waals surface area (Å²) in [5.41, 5.74) is 0.280. The van der Waals surface area contributed by atoms with E-state index in [4.69, 9.17) is 16.3 Å². The molecule has 1 fully saturated rings. The first-order valence-corrected chi connectivity index (χ1v) is 11.0. The lowest BCUT2D eigenvalue weighted by atomic mass is 10.1. The van der Waals surface area contributed by atoms with Gasteiger partial charge in [0.2, 0.25) is 0 Å². The molecule has 0 saturated carbocycles. The van der Waals surface area contributed by atoms with Gasteiger partial charge in [-0.05, 0) is 44.4 Å². The summed E-state index contributed by atoms with van der Waals surface area (Å²) in [6, 6.07) is 3.66. The summed E-state index contributed by atoms with van der Waals surface area (Å²) in [7, 11) is 3.84. The van der Waals surface area contributed by atoms with Crippen LogP contribution in [0.5, 0.6) is 0 Å². The van der Waals surface area contributed by atoms with Gasteiger partial charge >= 0.3 is 5.97 Å². The number of ether oxygens (including phenoxy) is 1. The molecule has 2 rings (SSSR count). The van der Waals surface area contributed by atoms with Crippen molar-refractivity contribution in [2.45, 2.75) is 50.4 Å². The first-order chi connectivity index (χ1) is 12.0. The van der Waals surface area contributed by atoms with E-state index in [2.05, 4.69) is 5.32 Å². The summed E-state index contributed by atoms with van der Waals surface area (Å²) in [6.07, 6.45) is 3.47. The number of nitrogens with one attached hydrogen (secondary N) is 1. The Bertz CT molecular complexity index is 612. The minimum atomic E-state index is -0.935. The van der Waals surface area contributed by atoms with Gasteiger partial charge in [0.25, 0.3) is 5.91 Å². The number of unbranched alkanes of at least 4 members (excludes halogenated alkanes) is 1. The molecule has 1 N–H and O–H groups in total. The molecule has 1 aromatic rings. The average molecular weight is 406 g/mol. The van der Waals surface area contributed by atoms with E-state index in [0.29, 0.717) is 11.7 Å². The van der Waals surface area contributed by atoms with E-state index >= 15 is 0 Å². The molecule has 0 spiro atoms. The number of amides is 1. The summed E-state index contributed by atoms with van der Waals surface area (Å²) in [5.74, 6) is -0.165. The van der Waals surface area contributed by atoms with Crippen molar-refractivity contribution in [3.63, 3.8) is 0 Å². The molecule has 1 aliphatic heterocycles. The predicted octanol–water partition coefficient (Wildman–Crippen LogP) is 5.06. The summed E-state index contributed by atoms with van der Waals surface area (Å²) >= 11 is 5.86. The normalized spacial score (nSPS) is 18.0. The lowest BCUT2D eigenvalue weighted by Crippen LogP contribution is -2.30. The first-order valence-electron chi connectivity index (χ1n) is 8.19. The van der Waals surface area contributed by atoms with E-state index < -0.39 is 17.8 Å². The van der Waals surface area contributed by atoms with Crippen molar-refractivity contribution in [2.24, 2.45) is 0 Å². The van der Waals surface area contributed by atoms with Crippen molar-refractivity contribution >= 4 is 50.8 Å². The zero-order valence-corrected chi connectivity index (χ0v) is 16.3. The highest BCUT2D eigenvalue weighted by atomic mass is 35.5. The van der Waals surface area contributed by atoms with Gasteiger partial charge in [-0.15, -0.1) is 0 Å². The number of carbonyl (C=O) groups excluding carboxylic acids is 2. The van der Waals surface area contributed by atoms with E-state index in [9.17, 15) is 14.0 Å². The Morgan fingerprint density at radius 3 is 2.92 bits per heavy atom.